The van der Waals surface area contributed by atoms with Gasteiger partial charge in [-0.2, -0.15) is 0 Å². The number of nitrogens with zero attached hydrogens (tertiary/aromatic N) is 2. The highest BCUT2D eigenvalue weighted by Gasteiger charge is 2.10. The van der Waals surface area contributed by atoms with Crippen molar-refractivity contribution in [2.75, 3.05) is 20.1 Å². The lowest BCUT2D eigenvalue weighted by molar-refractivity contribution is 0.282. The number of guanidine groups is 1. The Morgan fingerprint density at radius 1 is 1.33 bits per heavy atom. The van der Waals surface area contributed by atoms with E-state index < -0.39 is 0 Å². The van der Waals surface area contributed by atoms with Crippen molar-refractivity contribution in [1.82, 2.24) is 10.2 Å². The molecule has 21 heavy (non-hydrogen) atoms. The van der Waals surface area contributed by atoms with E-state index in [1.807, 2.05) is 19.1 Å². The van der Waals surface area contributed by atoms with E-state index in [1.54, 1.807) is 6.07 Å². The normalized spacial score (nSPS) is 13.8. The van der Waals surface area contributed by atoms with Gasteiger partial charge in [0.2, 0.25) is 0 Å². The maximum absolute atomic E-state index is 6.18. The molecule has 1 atom stereocenters. The molecule has 3 N–H and O–H groups in total. The van der Waals surface area contributed by atoms with Gasteiger partial charge in [0, 0.05) is 22.6 Å². The maximum Gasteiger partial charge on any atom is 0.189 e. The fourth-order valence-corrected chi connectivity index (χ4v) is 2.36. The highest BCUT2D eigenvalue weighted by molar-refractivity contribution is 6.35. The fourth-order valence-electron chi connectivity index (χ4n) is 1.78. The van der Waals surface area contributed by atoms with Gasteiger partial charge < -0.3 is 16.0 Å². The lowest BCUT2D eigenvalue weighted by Crippen LogP contribution is -2.35. The zero-order chi connectivity index (χ0) is 16.0. The lowest BCUT2D eigenvalue weighted by atomic mass is 10.1. The van der Waals surface area contributed by atoms with Gasteiger partial charge in [-0.3, -0.25) is 4.99 Å². The molecule has 0 heterocycles. The molecule has 6 heteroatoms. The van der Waals surface area contributed by atoms with Crippen LogP contribution in [-0.2, 0) is 0 Å². The summed E-state index contributed by atoms with van der Waals surface area (Å²) in [6.45, 7) is 7.81. The molecule has 0 spiro atoms. The van der Waals surface area contributed by atoms with Crippen LogP contribution in [0.4, 0.5) is 0 Å². The molecule has 0 bridgehead atoms. The van der Waals surface area contributed by atoms with Crippen molar-refractivity contribution in [1.29, 1.82) is 0 Å². The molecular formula is C15H24Cl2N4. The van der Waals surface area contributed by atoms with Gasteiger partial charge >= 0.3 is 0 Å². The molecule has 0 saturated carbocycles. The van der Waals surface area contributed by atoms with Crippen LogP contribution in [-0.4, -0.2) is 37.0 Å². The van der Waals surface area contributed by atoms with Gasteiger partial charge in [0.1, 0.15) is 0 Å². The Labute approximate surface area is 137 Å². The largest absolute Gasteiger partial charge is 0.370 e. The molecule has 0 aliphatic rings. The summed E-state index contributed by atoms with van der Waals surface area (Å²) in [5, 5.41) is 4.38. The summed E-state index contributed by atoms with van der Waals surface area (Å²) in [4.78, 5) is 6.55. The Kier molecular flexibility index (Phi) is 7.29. The number of aliphatic imine (C=N–C) groups is 1. The monoisotopic (exact) mass is 330 g/mol. The summed E-state index contributed by atoms with van der Waals surface area (Å²) in [5.41, 5.74) is 6.85. The van der Waals surface area contributed by atoms with Crippen molar-refractivity contribution >= 4 is 29.2 Å². The second kappa shape index (κ2) is 8.47. The van der Waals surface area contributed by atoms with Gasteiger partial charge in [0.05, 0.1) is 12.6 Å². The zero-order valence-corrected chi connectivity index (χ0v) is 14.5. The topological polar surface area (TPSA) is 53.6 Å². The van der Waals surface area contributed by atoms with Crippen LogP contribution in [0.15, 0.2) is 23.2 Å². The Morgan fingerprint density at radius 3 is 2.57 bits per heavy atom. The third-order valence-electron chi connectivity index (χ3n) is 3.41. The summed E-state index contributed by atoms with van der Waals surface area (Å²) in [6.07, 6.45) is 0. The third-order valence-corrected chi connectivity index (χ3v) is 3.97. The number of hydrogen-bond acceptors (Lipinski definition) is 2. The van der Waals surface area contributed by atoms with Gasteiger partial charge in [0.25, 0.3) is 0 Å². The van der Waals surface area contributed by atoms with Crippen LogP contribution >= 0.6 is 23.2 Å². The van der Waals surface area contributed by atoms with Crippen LogP contribution in [0.25, 0.3) is 0 Å². The molecule has 1 rings (SSSR count). The third kappa shape index (κ3) is 6.12. The Bertz CT molecular complexity index is 489. The summed E-state index contributed by atoms with van der Waals surface area (Å²) >= 11 is 12.1. The highest BCUT2D eigenvalue weighted by Crippen LogP contribution is 2.25. The molecule has 0 aliphatic carbocycles. The van der Waals surface area contributed by atoms with Gasteiger partial charge in [-0.15, -0.1) is 0 Å². The smallest absolute Gasteiger partial charge is 0.189 e. The van der Waals surface area contributed by atoms with E-state index in [0.717, 1.165) is 12.1 Å². The Balaban J connectivity index is 2.55. The predicted octanol–water partition coefficient (Wildman–Crippen LogP) is 3.30. The minimum atomic E-state index is -0.0265. The first-order valence-electron chi connectivity index (χ1n) is 7.03. The van der Waals surface area contributed by atoms with Crippen LogP contribution in [0.2, 0.25) is 10.0 Å². The molecule has 0 saturated heterocycles. The van der Waals surface area contributed by atoms with Crippen molar-refractivity contribution in [3.8, 4) is 0 Å². The van der Waals surface area contributed by atoms with E-state index in [0.29, 0.717) is 28.6 Å². The van der Waals surface area contributed by atoms with E-state index in [1.165, 1.54) is 0 Å². The van der Waals surface area contributed by atoms with Crippen LogP contribution in [0.5, 0.6) is 0 Å². The number of nitrogens with one attached hydrogen (secondary N) is 1. The number of nitrogens with two attached hydrogens (primary N) is 1. The molecule has 1 aromatic rings. The molecule has 0 fully saturated rings. The number of rotatable bonds is 6. The second-order valence-corrected chi connectivity index (χ2v) is 6.22. The lowest BCUT2D eigenvalue weighted by Gasteiger charge is -2.20. The van der Waals surface area contributed by atoms with E-state index >= 15 is 0 Å². The van der Waals surface area contributed by atoms with Gasteiger partial charge in [-0.1, -0.05) is 29.3 Å². The molecule has 1 unspecified atom stereocenters. The van der Waals surface area contributed by atoms with Crippen LogP contribution in [0.3, 0.4) is 0 Å². The van der Waals surface area contributed by atoms with Crippen molar-refractivity contribution < 1.29 is 0 Å². The average molecular weight is 331 g/mol. The van der Waals surface area contributed by atoms with Crippen LogP contribution < -0.4 is 11.1 Å². The average Bonchev–Trinajstić information content (AvgIpc) is 2.37. The minimum absolute atomic E-state index is 0.0265. The number of hydrogen-bond donors (Lipinski definition) is 2. The van der Waals surface area contributed by atoms with Crippen molar-refractivity contribution in [2.45, 2.75) is 32.9 Å². The summed E-state index contributed by atoms with van der Waals surface area (Å²) in [6, 6.07) is 5.90. The van der Waals surface area contributed by atoms with E-state index in [2.05, 4.69) is 36.1 Å². The van der Waals surface area contributed by atoms with Crippen LogP contribution in [0, 0.1) is 0 Å². The minimum Gasteiger partial charge on any atom is -0.370 e. The van der Waals surface area contributed by atoms with E-state index in [9.17, 15) is 0 Å². The first-order chi connectivity index (χ1) is 9.81. The van der Waals surface area contributed by atoms with Gasteiger partial charge in [-0.25, -0.2) is 0 Å². The SMILES string of the molecule is CC(NC(N)=NCCN(C)C(C)C)c1ccc(Cl)cc1Cl. The predicted molar refractivity (Wildman–Crippen MR) is 92.3 cm³/mol. The number of halogens is 2. The first-order valence-corrected chi connectivity index (χ1v) is 7.78. The standard InChI is InChI=1S/C15H24Cl2N4/c1-10(2)21(4)8-7-19-15(18)20-11(3)13-6-5-12(16)9-14(13)17/h5-6,9-11H,7-8H2,1-4H3,(H3,18,19,20). The van der Waals surface area contributed by atoms with E-state index in [4.69, 9.17) is 28.9 Å². The molecule has 1 aromatic carbocycles. The number of benzene rings is 1. The fraction of sp³-hybridized carbons (Fsp3) is 0.533. The molecule has 0 aliphatic heterocycles. The highest BCUT2D eigenvalue weighted by atomic mass is 35.5. The Morgan fingerprint density at radius 2 is 2.00 bits per heavy atom. The van der Waals surface area contributed by atoms with Gasteiger partial charge in [0.15, 0.2) is 5.96 Å². The maximum atomic E-state index is 6.18. The van der Waals surface area contributed by atoms with Crippen molar-refractivity contribution in [3.63, 3.8) is 0 Å². The van der Waals surface area contributed by atoms with E-state index in [-0.39, 0.29) is 6.04 Å². The zero-order valence-electron chi connectivity index (χ0n) is 13.0. The first kappa shape index (κ1) is 18.1. The Hall–Kier alpha value is -0.970. The quantitative estimate of drug-likeness (QED) is 0.621. The summed E-state index contributed by atoms with van der Waals surface area (Å²) in [7, 11) is 2.07. The van der Waals surface area contributed by atoms with Crippen LogP contribution in [0.1, 0.15) is 32.4 Å². The molecule has 118 valence electrons. The van der Waals surface area contributed by atoms with Crippen molar-refractivity contribution in [2.24, 2.45) is 10.7 Å². The molecule has 4 nitrogen and oxygen atoms in total. The van der Waals surface area contributed by atoms with Crippen molar-refractivity contribution in [3.05, 3.63) is 33.8 Å². The molecule has 0 amide bonds. The number of likely N-dealkylation sites (N-methyl/N-ethyl adjacent to an activating group) is 1. The van der Waals surface area contributed by atoms with Gasteiger partial charge in [-0.05, 0) is 45.5 Å². The molecule has 0 radical (unpaired) electrons. The second-order valence-electron chi connectivity index (χ2n) is 5.37. The molecular weight excluding hydrogens is 307 g/mol. The summed E-state index contributed by atoms with van der Waals surface area (Å²) in [5.74, 6) is 0.422. The molecule has 0 aromatic heterocycles. The summed E-state index contributed by atoms with van der Waals surface area (Å²) < 4.78 is 0.